The molecule has 12 nitrogen and oxygen atoms in total. The molecule has 3 N–H and O–H groups in total. The van der Waals surface area contributed by atoms with E-state index in [1.54, 1.807) is 102 Å². The van der Waals surface area contributed by atoms with Gasteiger partial charge in [0.1, 0.15) is 17.3 Å². The highest BCUT2D eigenvalue weighted by Gasteiger charge is 2.33. The zero-order valence-electron chi connectivity index (χ0n) is 25.1. The van der Waals surface area contributed by atoms with Gasteiger partial charge in [-0.3, -0.25) is 4.79 Å². The highest BCUT2D eigenvalue weighted by Crippen LogP contribution is 2.18. The van der Waals surface area contributed by atoms with Crippen molar-refractivity contribution < 1.29 is 48.0 Å². The minimum atomic E-state index is -1.44. The lowest BCUT2D eigenvalue weighted by Crippen LogP contribution is -2.48. The third-order valence-electron chi connectivity index (χ3n) is 5.00. The van der Waals surface area contributed by atoms with Crippen LogP contribution in [0.15, 0.2) is 60.7 Å². The van der Waals surface area contributed by atoms with Crippen LogP contribution in [0.4, 0.5) is 9.59 Å². The third-order valence-corrected chi connectivity index (χ3v) is 5.00. The number of ether oxygens (including phenoxy) is 4. The van der Waals surface area contributed by atoms with E-state index in [0.29, 0.717) is 11.1 Å². The number of alkyl carbamates (subject to hydrolysis) is 2. The minimum Gasteiger partial charge on any atom is -0.467 e. The summed E-state index contributed by atoms with van der Waals surface area (Å²) in [6.07, 6.45) is -2.89. The Morgan fingerprint density at radius 3 is 1.52 bits per heavy atom. The summed E-state index contributed by atoms with van der Waals surface area (Å²) < 4.78 is 19.3. The number of Topliss-reactive ketones (excluding diaryl/α,β-unsaturated/α-hetero) is 1. The number of amides is 2. The van der Waals surface area contributed by atoms with Gasteiger partial charge in [0.15, 0.2) is 17.9 Å². The molecule has 0 aliphatic rings. The molecule has 0 aromatic heterocycles. The summed E-state index contributed by atoms with van der Waals surface area (Å²) >= 11 is 0. The van der Waals surface area contributed by atoms with Crippen LogP contribution >= 0.6 is 0 Å². The molecular weight excluding hydrogens is 548 g/mol. The van der Waals surface area contributed by atoms with E-state index in [0.717, 1.165) is 7.11 Å². The molecule has 0 spiro atoms. The molecule has 230 valence electrons. The number of aliphatic hydroxyl groups excluding tert-OH is 1. The van der Waals surface area contributed by atoms with Crippen LogP contribution in [-0.4, -0.2) is 72.5 Å². The zero-order valence-corrected chi connectivity index (χ0v) is 25.1. The van der Waals surface area contributed by atoms with Gasteiger partial charge in [0.25, 0.3) is 0 Å². The van der Waals surface area contributed by atoms with Gasteiger partial charge in [-0.15, -0.1) is 0 Å². The fourth-order valence-electron chi connectivity index (χ4n) is 3.21. The van der Waals surface area contributed by atoms with Crippen molar-refractivity contribution in [1.29, 1.82) is 0 Å². The average molecular weight is 589 g/mol. The molecule has 0 heterocycles. The molecule has 0 radical (unpaired) electrons. The number of esters is 2. The fourth-order valence-corrected chi connectivity index (χ4v) is 3.21. The van der Waals surface area contributed by atoms with E-state index in [1.807, 2.05) is 0 Å². The van der Waals surface area contributed by atoms with Crippen molar-refractivity contribution >= 4 is 29.9 Å². The maximum Gasteiger partial charge on any atom is 0.408 e. The van der Waals surface area contributed by atoms with Gasteiger partial charge in [-0.05, 0) is 47.1 Å². The molecule has 0 aliphatic carbocycles. The smallest absolute Gasteiger partial charge is 0.408 e. The van der Waals surface area contributed by atoms with Crippen molar-refractivity contribution in [2.24, 2.45) is 0 Å². The molecule has 12 heteroatoms. The molecule has 42 heavy (non-hydrogen) atoms. The lowest BCUT2D eigenvalue weighted by atomic mass is 10.0. The van der Waals surface area contributed by atoms with Crippen molar-refractivity contribution in [1.82, 2.24) is 10.6 Å². The monoisotopic (exact) mass is 588 g/mol. The zero-order chi connectivity index (χ0) is 32.1. The van der Waals surface area contributed by atoms with Crippen molar-refractivity contribution in [3.05, 3.63) is 71.8 Å². The summed E-state index contributed by atoms with van der Waals surface area (Å²) in [5.41, 5.74) is -0.656. The molecule has 3 unspecified atom stereocenters. The van der Waals surface area contributed by atoms with Crippen molar-refractivity contribution in [3.63, 3.8) is 0 Å². The first kappa shape index (κ1) is 35.6. The lowest BCUT2D eigenvalue weighted by molar-refractivity contribution is -0.146. The lowest BCUT2D eigenvalue weighted by Gasteiger charge is -2.25. The summed E-state index contributed by atoms with van der Waals surface area (Å²) in [6, 6.07) is 14.0. The Kier molecular flexibility index (Phi) is 13.6. The number of hydrogen-bond donors (Lipinski definition) is 3. The first-order chi connectivity index (χ1) is 19.5. The second-order valence-corrected chi connectivity index (χ2v) is 10.8. The number of ketones is 1. The van der Waals surface area contributed by atoms with E-state index in [1.165, 1.54) is 7.11 Å². The van der Waals surface area contributed by atoms with Crippen LogP contribution in [0.25, 0.3) is 0 Å². The van der Waals surface area contributed by atoms with Gasteiger partial charge in [0, 0.05) is 5.56 Å². The number of rotatable bonds is 8. The Hall–Kier alpha value is -4.45. The quantitative estimate of drug-likeness (QED) is 0.179. The van der Waals surface area contributed by atoms with Crippen molar-refractivity contribution in [3.8, 4) is 0 Å². The van der Waals surface area contributed by atoms with Gasteiger partial charge in [-0.2, -0.15) is 0 Å². The number of carbonyl (C=O) groups is 5. The van der Waals surface area contributed by atoms with Gasteiger partial charge in [-0.1, -0.05) is 60.7 Å². The Morgan fingerprint density at radius 2 is 1.10 bits per heavy atom. The molecule has 0 saturated carbocycles. The van der Waals surface area contributed by atoms with Crippen LogP contribution in [0, 0.1) is 0 Å². The van der Waals surface area contributed by atoms with Gasteiger partial charge < -0.3 is 34.7 Å². The normalized spacial score (nSPS) is 13.1. The van der Waals surface area contributed by atoms with Crippen LogP contribution < -0.4 is 10.6 Å². The molecule has 0 bridgehead atoms. The predicted octanol–water partition coefficient (Wildman–Crippen LogP) is 3.72. The van der Waals surface area contributed by atoms with Crippen LogP contribution in [-0.2, 0) is 28.5 Å². The summed E-state index contributed by atoms with van der Waals surface area (Å²) in [6.45, 7) is 10.1. The number of hydrogen-bond acceptors (Lipinski definition) is 10. The van der Waals surface area contributed by atoms with E-state index in [-0.39, 0.29) is 0 Å². The Bertz CT molecular complexity index is 1190. The number of carbonyl (C=O) groups excluding carboxylic acids is 5. The average Bonchev–Trinajstić information content (AvgIpc) is 2.92. The number of nitrogens with one attached hydrogen (secondary N) is 2. The van der Waals surface area contributed by atoms with E-state index in [2.05, 4.69) is 20.1 Å². The first-order valence-electron chi connectivity index (χ1n) is 13.0. The Morgan fingerprint density at radius 1 is 0.667 bits per heavy atom. The van der Waals surface area contributed by atoms with E-state index >= 15 is 0 Å². The highest BCUT2D eigenvalue weighted by molar-refractivity contribution is 6.13. The van der Waals surface area contributed by atoms with Crippen LogP contribution in [0.3, 0.4) is 0 Å². The number of benzene rings is 2. The third kappa shape index (κ3) is 12.8. The van der Waals surface area contributed by atoms with Crippen LogP contribution in [0.5, 0.6) is 0 Å². The number of methoxy groups -OCH3 is 2. The maximum absolute atomic E-state index is 12.3. The van der Waals surface area contributed by atoms with Crippen LogP contribution in [0.2, 0.25) is 0 Å². The van der Waals surface area contributed by atoms with Gasteiger partial charge >= 0.3 is 24.1 Å². The molecule has 2 rings (SSSR count). The standard InChI is InChI=1S/C15H21NO5.C15H19NO5/c2*1-15(2,3)21-14(19)16-11(13(18)20-4)12(17)10-8-6-5-7-9-10/h5-9,11-12,17H,1-4H3,(H,16,19);5-9,11H,1-4H3,(H,16,19). The Balaban J connectivity index is 0.000000420. The van der Waals surface area contributed by atoms with E-state index < -0.39 is 59.3 Å². The maximum atomic E-state index is 12.3. The highest BCUT2D eigenvalue weighted by atomic mass is 16.6. The fraction of sp³-hybridized carbons (Fsp3) is 0.433. The van der Waals surface area contributed by atoms with Crippen molar-refractivity contribution in [2.45, 2.75) is 70.9 Å². The largest absolute Gasteiger partial charge is 0.467 e. The molecule has 2 aromatic carbocycles. The second-order valence-electron chi connectivity index (χ2n) is 10.8. The Labute approximate surface area is 245 Å². The second kappa shape index (κ2) is 16.1. The SMILES string of the molecule is COC(=O)C(NC(=O)OC(C)(C)C)C(=O)c1ccccc1.COC(=O)C(NC(=O)OC(C)(C)C)C(O)c1ccccc1. The van der Waals surface area contributed by atoms with Crippen molar-refractivity contribution in [2.75, 3.05) is 14.2 Å². The molecule has 2 aromatic rings. The molecule has 0 aliphatic heterocycles. The molecular formula is C30H40N2O10. The molecule has 0 saturated heterocycles. The summed E-state index contributed by atoms with van der Waals surface area (Å²) in [7, 11) is 2.33. The molecule has 2 amide bonds. The number of aliphatic hydroxyl groups is 1. The van der Waals surface area contributed by atoms with E-state index in [9.17, 15) is 29.1 Å². The predicted molar refractivity (Wildman–Crippen MR) is 153 cm³/mol. The molecule has 3 atom stereocenters. The summed E-state index contributed by atoms with van der Waals surface area (Å²) in [5, 5.41) is 14.8. The van der Waals surface area contributed by atoms with Gasteiger partial charge in [0.2, 0.25) is 0 Å². The topological polar surface area (TPSA) is 167 Å². The van der Waals surface area contributed by atoms with Gasteiger partial charge in [-0.25, -0.2) is 19.2 Å². The van der Waals surface area contributed by atoms with E-state index in [4.69, 9.17) is 9.47 Å². The van der Waals surface area contributed by atoms with Gasteiger partial charge in [0.05, 0.1) is 14.2 Å². The minimum absolute atomic E-state index is 0.295. The molecule has 0 fully saturated rings. The van der Waals surface area contributed by atoms with Crippen LogP contribution in [0.1, 0.15) is 63.6 Å². The summed E-state index contributed by atoms with van der Waals surface area (Å²) in [4.78, 5) is 59.3. The summed E-state index contributed by atoms with van der Waals surface area (Å²) in [5.74, 6) is -2.17. The first-order valence-corrected chi connectivity index (χ1v) is 13.0.